The van der Waals surface area contributed by atoms with Gasteiger partial charge in [-0.1, -0.05) is 12.1 Å². The van der Waals surface area contributed by atoms with Crippen LogP contribution in [0.5, 0.6) is 11.5 Å². The molecule has 0 radical (unpaired) electrons. The molecule has 0 saturated carbocycles. The largest absolute Gasteiger partial charge is 0.493 e. The van der Waals surface area contributed by atoms with E-state index in [9.17, 15) is 4.79 Å². The first kappa shape index (κ1) is 18.3. The van der Waals surface area contributed by atoms with Crippen molar-refractivity contribution in [3.8, 4) is 11.5 Å². The minimum Gasteiger partial charge on any atom is -0.493 e. The van der Waals surface area contributed by atoms with Gasteiger partial charge in [-0.05, 0) is 31.0 Å². The van der Waals surface area contributed by atoms with Crippen molar-refractivity contribution in [2.75, 3.05) is 19.8 Å². The monoisotopic (exact) mass is 359 g/mol. The molecule has 2 atom stereocenters. The van der Waals surface area contributed by atoms with Crippen LogP contribution < -0.4 is 14.8 Å². The summed E-state index contributed by atoms with van der Waals surface area (Å²) in [6, 6.07) is 5.86. The Kier molecular flexibility index (Phi) is 5.78. The molecule has 1 aliphatic rings. The van der Waals surface area contributed by atoms with Crippen LogP contribution in [0.15, 0.2) is 30.6 Å². The summed E-state index contributed by atoms with van der Waals surface area (Å²) >= 11 is 0. The lowest BCUT2D eigenvalue weighted by Gasteiger charge is -2.19. The zero-order valence-electron chi connectivity index (χ0n) is 15.4. The molecule has 0 unspecified atom stereocenters. The molecule has 1 aliphatic heterocycles. The number of aromatic nitrogens is 2. The molecule has 7 heteroatoms. The number of carbonyl (C=O) groups is 1. The molecular formula is C19H25N3O4. The average molecular weight is 359 g/mol. The van der Waals surface area contributed by atoms with E-state index in [2.05, 4.69) is 10.4 Å². The number of nitrogens with zero attached hydrogens (tertiary/aromatic N) is 2. The molecule has 1 aromatic heterocycles. The molecule has 2 aromatic rings. The van der Waals surface area contributed by atoms with Crippen LogP contribution >= 0.6 is 0 Å². The molecule has 7 nitrogen and oxygen atoms in total. The van der Waals surface area contributed by atoms with Crippen molar-refractivity contribution in [2.45, 2.75) is 32.4 Å². The highest BCUT2D eigenvalue weighted by Crippen LogP contribution is 2.19. The van der Waals surface area contributed by atoms with Gasteiger partial charge in [-0.2, -0.15) is 5.10 Å². The molecule has 0 aliphatic carbocycles. The maximum atomic E-state index is 12.2. The minimum absolute atomic E-state index is 0.0782. The van der Waals surface area contributed by atoms with Crippen molar-refractivity contribution >= 4 is 5.91 Å². The lowest BCUT2D eigenvalue weighted by Crippen LogP contribution is -2.45. The summed E-state index contributed by atoms with van der Waals surface area (Å²) in [5.41, 5.74) is 2.19. The first-order valence-electron chi connectivity index (χ1n) is 8.74. The Morgan fingerprint density at radius 2 is 2.23 bits per heavy atom. The van der Waals surface area contributed by atoms with E-state index >= 15 is 0 Å². The van der Waals surface area contributed by atoms with E-state index in [4.69, 9.17) is 14.2 Å². The van der Waals surface area contributed by atoms with Crippen LogP contribution in [0.25, 0.3) is 0 Å². The Labute approximate surface area is 153 Å². The highest BCUT2D eigenvalue weighted by atomic mass is 16.5. The average Bonchev–Trinajstić information content (AvgIpc) is 3.20. The lowest BCUT2D eigenvalue weighted by atomic mass is 10.1. The summed E-state index contributed by atoms with van der Waals surface area (Å²) in [7, 11) is 1.83. The molecule has 140 valence electrons. The molecule has 1 N–H and O–H groups in total. The second-order valence-electron chi connectivity index (χ2n) is 6.58. The number of amides is 1. The third-order valence-corrected chi connectivity index (χ3v) is 4.27. The molecule has 0 spiro atoms. The van der Waals surface area contributed by atoms with Crippen LogP contribution in [-0.2, 0) is 16.6 Å². The van der Waals surface area contributed by atoms with Gasteiger partial charge in [0.2, 0.25) is 5.91 Å². The van der Waals surface area contributed by atoms with Crippen molar-refractivity contribution < 1.29 is 19.0 Å². The van der Waals surface area contributed by atoms with Crippen molar-refractivity contribution in [3.63, 3.8) is 0 Å². The van der Waals surface area contributed by atoms with E-state index in [0.29, 0.717) is 25.6 Å². The smallest absolute Gasteiger partial charge is 0.223 e. The van der Waals surface area contributed by atoms with E-state index in [-0.39, 0.29) is 24.5 Å². The highest BCUT2D eigenvalue weighted by Gasteiger charge is 2.31. The summed E-state index contributed by atoms with van der Waals surface area (Å²) in [6.45, 7) is 5.22. The SMILES string of the molecule is Cc1ccc(C)c(OCCC(=O)N[C@H]2COC[C@H]2Oc2cnn(C)c2)c1. The molecule has 1 fully saturated rings. The van der Waals surface area contributed by atoms with Crippen molar-refractivity contribution in [3.05, 3.63) is 41.7 Å². The van der Waals surface area contributed by atoms with Crippen LogP contribution in [0.3, 0.4) is 0 Å². The van der Waals surface area contributed by atoms with Gasteiger partial charge in [0.1, 0.15) is 11.9 Å². The molecule has 0 bridgehead atoms. The first-order chi connectivity index (χ1) is 12.5. The number of nitrogens with one attached hydrogen (secondary N) is 1. The van der Waals surface area contributed by atoms with Crippen LogP contribution in [-0.4, -0.2) is 47.7 Å². The summed E-state index contributed by atoms with van der Waals surface area (Å²) < 4.78 is 18.7. The Balaban J connectivity index is 1.45. The zero-order valence-corrected chi connectivity index (χ0v) is 15.4. The quantitative estimate of drug-likeness (QED) is 0.815. The maximum Gasteiger partial charge on any atom is 0.223 e. The predicted molar refractivity (Wildman–Crippen MR) is 96.4 cm³/mol. The van der Waals surface area contributed by atoms with Gasteiger partial charge in [0.15, 0.2) is 5.75 Å². The molecule has 2 heterocycles. The Morgan fingerprint density at radius 3 is 3.00 bits per heavy atom. The maximum absolute atomic E-state index is 12.2. The van der Waals surface area contributed by atoms with Gasteiger partial charge in [0.05, 0.1) is 44.7 Å². The standard InChI is InChI=1S/C19H25N3O4/c1-13-4-5-14(2)17(8-13)25-7-6-19(23)21-16-11-24-12-18(16)26-15-9-20-22(3)10-15/h4-5,8-10,16,18H,6-7,11-12H2,1-3H3,(H,21,23)/t16-,18+/m0/s1. The molecule has 1 amide bonds. The van der Waals surface area contributed by atoms with Gasteiger partial charge in [0.25, 0.3) is 0 Å². The van der Waals surface area contributed by atoms with Gasteiger partial charge in [-0.3, -0.25) is 9.48 Å². The molecule has 1 aromatic carbocycles. The number of hydrogen-bond donors (Lipinski definition) is 1. The zero-order chi connectivity index (χ0) is 18.5. The fraction of sp³-hybridized carbons (Fsp3) is 0.474. The van der Waals surface area contributed by atoms with Gasteiger partial charge in [0, 0.05) is 7.05 Å². The Hall–Kier alpha value is -2.54. The van der Waals surface area contributed by atoms with Crippen molar-refractivity contribution in [1.29, 1.82) is 0 Å². The number of aryl methyl sites for hydroxylation is 3. The van der Waals surface area contributed by atoms with Crippen LogP contribution in [0.4, 0.5) is 0 Å². The van der Waals surface area contributed by atoms with Gasteiger partial charge < -0.3 is 19.5 Å². The van der Waals surface area contributed by atoms with E-state index in [1.807, 2.05) is 39.1 Å². The number of benzene rings is 1. The summed E-state index contributed by atoms with van der Waals surface area (Å²) in [5, 5.41) is 7.05. The van der Waals surface area contributed by atoms with Crippen LogP contribution in [0.2, 0.25) is 0 Å². The molecule has 1 saturated heterocycles. The number of ether oxygens (including phenoxy) is 3. The van der Waals surface area contributed by atoms with Gasteiger partial charge >= 0.3 is 0 Å². The van der Waals surface area contributed by atoms with Crippen LogP contribution in [0, 0.1) is 13.8 Å². The van der Waals surface area contributed by atoms with Gasteiger partial charge in [-0.15, -0.1) is 0 Å². The summed E-state index contributed by atoms with van der Waals surface area (Å²) in [6.07, 6.45) is 3.50. The fourth-order valence-electron chi connectivity index (χ4n) is 2.82. The fourth-order valence-corrected chi connectivity index (χ4v) is 2.82. The number of rotatable bonds is 7. The van der Waals surface area contributed by atoms with E-state index in [0.717, 1.165) is 16.9 Å². The van der Waals surface area contributed by atoms with Crippen molar-refractivity contribution in [1.82, 2.24) is 15.1 Å². The Bertz CT molecular complexity index is 759. The van der Waals surface area contributed by atoms with E-state index < -0.39 is 0 Å². The number of hydrogen-bond acceptors (Lipinski definition) is 5. The van der Waals surface area contributed by atoms with E-state index in [1.54, 1.807) is 17.1 Å². The van der Waals surface area contributed by atoms with Crippen molar-refractivity contribution in [2.24, 2.45) is 7.05 Å². The van der Waals surface area contributed by atoms with E-state index in [1.165, 1.54) is 0 Å². The van der Waals surface area contributed by atoms with Gasteiger partial charge in [-0.25, -0.2) is 0 Å². The third-order valence-electron chi connectivity index (χ3n) is 4.27. The lowest BCUT2D eigenvalue weighted by molar-refractivity contribution is -0.122. The summed E-state index contributed by atoms with van der Waals surface area (Å²) in [5.74, 6) is 1.41. The second-order valence-corrected chi connectivity index (χ2v) is 6.58. The van der Waals surface area contributed by atoms with Crippen LogP contribution in [0.1, 0.15) is 17.5 Å². The predicted octanol–water partition coefficient (Wildman–Crippen LogP) is 1.77. The minimum atomic E-state index is -0.219. The first-order valence-corrected chi connectivity index (χ1v) is 8.74. The molecule has 3 rings (SSSR count). The number of carbonyl (C=O) groups excluding carboxylic acids is 1. The molecular weight excluding hydrogens is 334 g/mol. The normalized spacial score (nSPS) is 19.3. The molecule has 26 heavy (non-hydrogen) atoms. The second kappa shape index (κ2) is 8.23. The topological polar surface area (TPSA) is 74.6 Å². The third kappa shape index (κ3) is 4.76. The highest BCUT2D eigenvalue weighted by molar-refractivity contribution is 5.76. The Morgan fingerprint density at radius 1 is 1.38 bits per heavy atom. The summed E-state index contributed by atoms with van der Waals surface area (Å²) in [4.78, 5) is 12.2.